The summed E-state index contributed by atoms with van der Waals surface area (Å²) in [5, 5.41) is 0.490. The van der Waals surface area contributed by atoms with Crippen LogP contribution in [0.2, 0.25) is 0 Å². The van der Waals surface area contributed by atoms with Crippen LogP contribution in [0.1, 0.15) is 10.4 Å². The lowest BCUT2D eigenvalue weighted by Gasteiger charge is -2.13. The zero-order valence-electron chi connectivity index (χ0n) is 9.95. The van der Waals surface area contributed by atoms with Crippen molar-refractivity contribution in [3.63, 3.8) is 0 Å². The first-order valence-corrected chi connectivity index (χ1v) is 6.65. The maximum absolute atomic E-state index is 11.6. The minimum Gasteiger partial charge on any atom is -0.495 e. The average Bonchev–Trinajstić information content (AvgIpc) is 2.40. The number of hydrogen-bond acceptors (Lipinski definition) is 5. The van der Waals surface area contributed by atoms with Crippen molar-refractivity contribution in [1.82, 2.24) is 0 Å². The highest BCUT2D eigenvalue weighted by molar-refractivity contribution is 9.11. The fourth-order valence-electron chi connectivity index (χ4n) is 1.70. The number of fused-ring (bicyclic) bond motifs is 1. The lowest BCUT2D eigenvalue weighted by atomic mass is 10.1. The lowest BCUT2D eigenvalue weighted by Crippen LogP contribution is -2.06. The smallest absolute Gasteiger partial charge is 0.346 e. The van der Waals surface area contributed by atoms with Crippen molar-refractivity contribution in [2.45, 2.75) is 0 Å². The molecule has 0 aliphatic heterocycles. The van der Waals surface area contributed by atoms with Crippen LogP contribution < -0.4 is 15.1 Å². The van der Waals surface area contributed by atoms with Crippen LogP contribution in [0.5, 0.6) is 11.5 Å². The first kappa shape index (κ1) is 14.1. The molecule has 0 bridgehead atoms. The van der Waals surface area contributed by atoms with Gasteiger partial charge in [-0.25, -0.2) is 4.79 Å². The Bertz CT molecular complexity index is 720. The number of hydrogen-bond donors (Lipinski definition) is 0. The maximum atomic E-state index is 11.6. The summed E-state index contributed by atoms with van der Waals surface area (Å²) in [5.74, 6) is 0.855. The highest BCUT2D eigenvalue weighted by Gasteiger charge is 2.21. The molecule has 5 nitrogen and oxygen atoms in total. The van der Waals surface area contributed by atoms with Gasteiger partial charge in [0.15, 0.2) is 17.6 Å². The van der Waals surface area contributed by atoms with E-state index in [2.05, 4.69) is 31.9 Å². The van der Waals surface area contributed by atoms with E-state index in [1.54, 1.807) is 0 Å². The summed E-state index contributed by atoms with van der Waals surface area (Å²) >= 11 is 6.66. The molecule has 0 saturated heterocycles. The van der Waals surface area contributed by atoms with Crippen LogP contribution in [0.15, 0.2) is 24.2 Å². The van der Waals surface area contributed by atoms with E-state index in [-0.39, 0.29) is 11.1 Å². The number of benzene rings is 1. The molecular weight excluding hydrogens is 384 g/mol. The normalized spacial score (nSPS) is 10.5. The molecule has 2 rings (SSSR count). The van der Waals surface area contributed by atoms with Gasteiger partial charge in [-0.05, 0) is 37.9 Å². The second-order valence-corrected chi connectivity index (χ2v) is 5.13. The van der Waals surface area contributed by atoms with Crippen molar-refractivity contribution in [3.8, 4) is 11.5 Å². The molecular formula is C12H8Br2O5. The predicted octanol–water partition coefficient (Wildman–Crippen LogP) is 3.15. The van der Waals surface area contributed by atoms with Crippen molar-refractivity contribution in [1.29, 1.82) is 0 Å². The molecule has 0 N–H and O–H groups in total. The minimum absolute atomic E-state index is 0.0743. The molecule has 0 saturated carbocycles. The summed E-state index contributed by atoms with van der Waals surface area (Å²) in [7, 11) is 2.95. The molecule has 0 unspecified atom stereocenters. The molecule has 0 atom stereocenters. The molecule has 100 valence electrons. The Balaban J connectivity index is 3.03. The van der Waals surface area contributed by atoms with Gasteiger partial charge in [0.1, 0.15) is 20.3 Å². The number of methoxy groups -OCH3 is 2. The number of ether oxygens (including phenoxy) is 2. The van der Waals surface area contributed by atoms with Crippen molar-refractivity contribution in [3.05, 3.63) is 31.0 Å². The topological polar surface area (TPSA) is 65.7 Å². The third-order valence-electron chi connectivity index (χ3n) is 2.55. The number of rotatable bonds is 3. The monoisotopic (exact) mass is 390 g/mol. The molecule has 1 aromatic carbocycles. The summed E-state index contributed by atoms with van der Waals surface area (Å²) in [5.41, 5.74) is -0.531. The fourth-order valence-corrected chi connectivity index (χ4v) is 3.36. The maximum Gasteiger partial charge on any atom is 0.346 e. The molecule has 1 aromatic heterocycles. The van der Waals surface area contributed by atoms with Gasteiger partial charge in [0.25, 0.3) is 0 Å². The van der Waals surface area contributed by atoms with Gasteiger partial charge in [-0.3, -0.25) is 4.79 Å². The molecule has 0 fully saturated rings. The van der Waals surface area contributed by atoms with Crippen molar-refractivity contribution in [2.75, 3.05) is 14.2 Å². The van der Waals surface area contributed by atoms with Gasteiger partial charge in [-0.2, -0.15) is 0 Å². The van der Waals surface area contributed by atoms with Crippen LogP contribution in [-0.4, -0.2) is 20.5 Å². The number of carbonyl (C=O) groups excluding carboxylic acids is 1. The Labute approximate surface area is 124 Å². The molecule has 1 heterocycles. The molecule has 0 aliphatic rings. The number of aldehydes is 1. The minimum atomic E-state index is -0.713. The summed E-state index contributed by atoms with van der Waals surface area (Å²) in [4.78, 5) is 22.4. The highest BCUT2D eigenvalue weighted by atomic mass is 79.9. The van der Waals surface area contributed by atoms with E-state index in [9.17, 15) is 9.59 Å². The second kappa shape index (κ2) is 5.34. The molecule has 0 radical (unpaired) electrons. The third kappa shape index (κ3) is 2.17. The predicted molar refractivity (Wildman–Crippen MR) is 76.4 cm³/mol. The second-order valence-electron chi connectivity index (χ2n) is 3.54. The molecule has 0 aliphatic carbocycles. The Hall–Kier alpha value is -1.34. The van der Waals surface area contributed by atoms with E-state index in [1.807, 2.05) is 0 Å². The number of halogens is 2. The van der Waals surface area contributed by atoms with E-state index < -0.39 is 5.63 Å². The Kier molecular flexibility index (Phi) is 3.96. The molecule has 2 aromatic rings. The van der Waals surface area contributed by atoms with Gasteiger partial charge in [0, 0.05) is 0 Å². The first-order valence-electron chi connectivity index (χ1n) is 5.07. The Morgan fingerprint density at radius 3 is 2.32 bits per heavy atom. The van der Waals surface area contributed by atoms with Gasteiger partial charge in [0.2, 0.25) is 0 Å². The highest BCUT2D eigenvalue weighted by Crippen LogP contribution is 2.46. The van der Waals surface area contributed by atoms with E-state index in [4.69, 9.17) is 13.9 Å². The summed E-state index contributed by atoms with van der Waals surface area (Å²) in [6, 6.07) is 1.42. The van der Waals surface area contributed by atoms with Gasteiger partial charge in [-0.15, -0.1) is 0 Å². The van der Waals surface area contributed by atoms with Gasteiger partial charge >= 0.3 is 5.63 Å². The van der Waals surface area contributed by atoms with Gasteiger partial charge in [0.05, 0.1) is 19.6 Å². The van der Waals surface area contributed by atoms with Crippen LogP contribution in [0.3, 0.4) is 0 Å². The van der Waals surface area contributed by atoms with Crippen molar-refractivity contribution in [2.24, 2.45) is 0 Å². The summed E-state index contributed by atoms with van der Waals surface area (Å²) in [6.07, 6.45) is 0.441. The molecule has 0 spiro atoms. The Morgan fingerprint density at radius 2 is 1.79 bits per heavy atom. The standard InChI is InChI=1S/C12H8Br2O5/c1-17-9-6-3-5(4-15)12(16)19-10(6)8(14)11(18-2)7(9)13/h3-4H,1-2H3. The third-order valence-corrected chi connectivity index (χ3v) is 3.99. The quantitative estimate of drug-likeness (QED) is 0.594. The van der Waals surface area contributed by atoms with Gasteiger partial charge < -0.3 is 13.9 Å². The van der Waals surface area contributed by atoms with E-state index in [0.29, 0.717) is 32.1 Å². The largest absolute Gasteiger partial charge is 0.495 e. The number of carbonyl (C=O) groups is 1. The zero-order valence-corrected chi connectivity index (χ0v) is 13.1. The van der Waals surface area contributed by atoms with Crippen molar-refractivity contribution >= 4 is 49.1 Å². The van der Waals surface area contributed by atoms with Gasteiger partial charge in [-0.1, -0.05) is 0 Å². The SMILES string of the molecule is COc1c(Br)c(OC)c2cc(C=O)c(=O)oc2c1Br. The van der Waals surface area contributed by atoms with Crippen LogP contribution in [0.25, 0.3) is 11.0 Å². The van der Waals surface area contributed by atoms with E-state index >= 15 is 0 Å². The fraction of sp³-hybridized carbons (Fsp3) is 0.167. The van der Waals surface area contributed by atoms with E-state index in [1.165, 1.54) is 20.3 Å². The molecule has 7 heteroatoms. The lowest BCUT2D eigenvalue weighted by molar-refractivity contribution is 0.112. The van der Waals surface area contributed by atoms with Crippen molar-refractivity contribution < 1.29 is 18.7 Å². The van der Waals surface area contributed by atoms with Crippen LogP contribution >= 0.6 is 31.9 Å². The van der Waals surface area contributed by atoms with Crippen LogP contribution in [0, 0.1) is 0 Å². The van der Waals surface area contributed by atoms with Crippen LogP contribution in [0.4, 0.5) is 0 Å². The molecule has 19 heavy (non-hydrogen) atoms. The van der Waals surface area contributed by atoms with Crippen LogP contribution in [-0.2, 0) is 0 Å². The summed E-state index contributed by atoms with van der Waals surface area (Å²) in [6.45, 7) is 0. The Morgan fingerprint density at radius 1 is 1.16 bits per heavy atom. The molecule has 0 amide bonds. The average molecular weight is 392 g/mol. The summed E-state index contributed by atoms with van der Waals surface area (Å²) < 4.78 is 16.6. The van der Waals surface area contributed by atoms with E-state index in [0.717, 1.165) is 0 Å². The zero-order chi connectivity index (χ0) is 14.2. The first-order chi connectivity index (χ1) is 9.04.